The first-order chi connectivity index (χ1) is 12.0. The van der Waals surface area contributed by atoms with Crippen molar-refractivity contribution in [2.45, 2.75) is 65.3 Å². The molecule has 1 N–H and O–H groups in total. The molecule has 3 rings (SSSR count). The van der Waals surface area contributed by atoms with Crippen molar-refractivity contribution in [1.29, 1.82) is 0 Å². The minimum absolute atomic E-state index is 0.0566. The second-order valence-corrected chi connectivity index (χ2v) is 7.76. The molecule has 1 aromatic carbocycles. The average molecular weight is 342 g/mol. The van der Waals surface area contributed by atoms with Crippen molar-refractivity contribution >= 4 is 17.5 Å². The molecule has 1 aliphatic carbocycles. The first-order valence-corrected chi connectivity index (χ1v) is 9.66. The van der Waals surface area contributed by atoms with Crippen molar-refractivity contribution in [3.05, 3.63) is 29.3 Å². The molecule has 1 aliphatic heterocycles. The van der Waals surface area contributed by atoms with E-state index in [1.807, 2.05) is 19.1 Å². The Bertz CT molecular complexity index is 647. The summed E-state index contributed by atoms with van der Waals surface area (Å²) in [7, 11) is 0. The molecule has 0 bridgehead atoms. The van der Waals surface area contributed by atoms with Crippen LogP contribution in [0.4, 0.5) is 5.69 Å². The average Bonchev–Trinajstić information content (AvgIpc) is 3.00. The number of aryl methyl sites for hydroxylation is 1. The lowest BCUT2D eigenvalue weighted by Crippen LogP contribution is -2.41. The maximum Gasteiger partial charge on any atom is 0.227 e. The number of anilines is 1. The van der Waals surface area contributed by atoms with Gasteiger partial charge in [0.15, 0.2) is 0 Å². The van der Waals surface area contributed by atoms with Gasteiger partial charge in [0.2, 0.25) is 11.8 Å². The number of carbonyl (C=O) groups is 2. The van der Waals surface area contributed by atoms with Crippen LogP contribution in [0.2, 0.25) is 0 Å². The van der Waals surface area contributed by atoms with Gasteiger partial charge >= 0.3 is 0 Å². The van der Waals surface area contributed by atoms with Crippen molar-refractivity contribution in [3.63, 3.8) is 0 Å². The number of hydrogen-bond donors (Lipinski definition) is 1. The summed E-state index contributed by atoms with van der Waals surface area (Å²) in [6.45, 7) is 6.84. The number of nitrogens with zero attached hydrogens (tertiary/aromatic N) is 1. The maximum atomic E-state index is 12.6. The summed E-state index contributed by atoms with van der Waals surface area (Å²) < 4.78 is 0. The third-order valence-electron chi connectivity index (χ3n) is 6.13. The summed E-state index contributed by atoms with van der Waals surface area (Å²) in [6, 6.07) is 6.30. The first-order valence-electron chi connectivity index (χ1n) is 9.66. The molecule has 1 saturated carbocycles. The quantitative estimate of drug-likeness (QED) is 0.906. The molecule has 25 heavy (non-hydrogen) atoms. The van der Waals surface area contributed by atoms with Gasteiger partial charge in [-0.15, -0.1) is 0 Å². The van der Waals surface area contributed by atoms with E-state index in [2.05, 4.69) is 25.2 Å². The van der Waals surface area contributed by atoms with Crippen LogP contribution in [0, 0.1) is 25.7 Å². The van der Waals surface area contributed by atoms with E-state index in [1.165, 1.54) is 24.8 Å². The summed E-state index contributed by atoms with van der Waals surface area (Å²) in [5.74, 6) is 0.710. The van der Waals surface area contributed by atoms with Crippen molar-refractivity contribution in [2.75, 3.05) is 11.4 Å². The van der Waals surface area contributed by atoms with Gasteiger partial charge in [-0.2, -0.15) is 0 Å². The predicted octanol–water partition coefficient (Wildman–Crippen LogP) is 3.74. The Morgan fingerprint density at radius 1 is 1.20 bits per heavy atom. The smallest absolute Gasteiger partial charge is 0.227 e. The van der Waals surface area contributed by atoms with Gasteiger partial charge in [0.1, 0.15) is 0 Å². The van der Waals surface area contributed by atoms with Crippen LogP contribution in [0.1, 0.15) is 56.6 Å². The SMILES string of the molecule is CCC1CCC(NC(=O)[C@H]2CC(=O)N(c3cccc(C)c3C)C2)CC1. The fourth-order valence-electron chi connectivity index (χ4n) is 4.18. The van der Waals surface area contributed by atoms with Crippen molar-refractivity contribution < 1.29 is 9.59 Å². The molecule has 1 heterocycles. The molecule has 1 aromatic rings. The Morgan fingerprint density at radius 3 is 2.60 bits per heavy atom. The third-order valence-corrected chi connectivity index (χ3v) is 6.13. The van der Waals surface area contributed by atoms with Gasteiger partial charge in [0.05, 0.1) is 5.92 Å². The Kier molecular flexibility index (Phi) is 5.45. The highest BCUT2D eigenvalue weighted by atomic mass is 16.2. The highest BCUT2D eigenvalue weighted by molar-refractivity contribution is 6.01. The highest BCUT2D eigenvalue weighted by Crippen LogP contribution is 2.30. The van der Waals surface area contributed by atoms with Crippen LogP contribution in [0.5, 0.6) is 0 Å². The minimum Gasteiger partial charge on any atom is -0.353 e. The van der Waals surface area contributed by atoms with Gasteiger partial charge in [-0.05, 0) is 62.6 Å². The van der Waals surface area contributed by atoms with Crippen LogP contribution < -0.4 is 10.2 Å². The molecule has 0 aromatic heterocycles. The number of rotatable bonds is 4. The molecular weight excluding hydrogens is 312 g/mol. The van der Waals surface area contributed by atoms with Crippen molar-refractivity contribution in [1.82, 2.24) is 5.32 Å². The topological polar surface area (TPSA) is 49.4 Å². The molecule has 2 amide bonds. The van der Waals surface area contributed by atoms with Crippen LogP contribution in [0.25, 0.3) is 0 Å². The zero-order chi connectivity index (χ0) is 18.0. The molecule has 1 atom stereocenters. The van der Waals surface area contributed by atoms with Gasteiger partial charge in [-0.3, -0.25) is 9.59 Å². The summed E-state index contributed by atoms with van der Waals surface area (Å²) in [5, 5.41) is 3.21. The molecule has 4 nitrogen and oxygen atoms in total. The second-order valence-electron chi connectivity index (χ2n) is 7.76. The molecule has 0 spiro atoms. The molecule has 1 saturated heterocycles. The molecule has 2 aliphatic rings. The number of benzene rings is 1. The summed E-state index contributed by atoms with van der Waals surface area (Å²) >= 11 is 0. The van der Waals surface area contributed by atoms with E-state index >= 15 is 0 Å². The highest BCUT2D eigenvalue weighted by Gasteiger charge is 2.36. The van der Waals surface area contributed by atoms with Crippen molar-refractivity contribution in [2.24, 2.45) is 11.8 Å². The Balaban J connectivity index is 1.60. The first kappa shape index (κ1) is 18.0. The Morgan fingerprint density at radius 2 is 1.92 bits per heavy atom. The largest absolute Gasteiger partial charge is 0.353 e. The van der Waals surface area contributed by atoms with E-state index in [0.717, 1.165) is 30.0 Å². The van der Waals surface area contributed by atoms with Crippen LogP contribution in [0.3, 0.4) is 0 Å². The fraction of sp³-hybridized carbons (Fsp3) is 0.619. The van der Waals surface area contributed by atoms with Gasteiger partial charge in [0, 0.05) is 24.7 Å². The summed E-state index contributed by atoms with van der Waals surface area (Å²) in [4.78, 5) is 26.9. The van der Waals surface area contributed by atoms with Crippen LogP contribution >= 0.6 is 0 Å². The molecular formula is C21H30N2O2. The lowest BCUT2D eigenvalue weighted by atomic mass is 9.84. The summed E-state index contributed by atoms with van der Waals surface area (Å²) in [6.07, 6.45) is 6.13. The molecule has 136 valence electrons. The van der Waals surface area contributed by atoms with Crippen LogP contribution in [0.15, 0.2) is 18.2 Å². The number of nitrogens with one attached hydrogen (secondary N) is 1. The molecule has 0 unspecified atom stereocenters. The Labute approximate surface area is 151 Å². The van der Waals surface area contributed by atoms with Gasteiger partial charge in [-0.25, -0.2) is 0 Å². The van der Waals surface area contributed by atoms with E-state index in [9.17, 15) is 9.59 Å². The van der Waals surface area contributed by atoms with E-state index < -0.39 is 0 Å². The van der Waals surface area contributed by atoms with E-state index in [0.29, 0.717) is 19.0 Å². The second kappa shape index (κ2) is 7.59. The monoisotopic (exact) mass is 342 g/mol. The van der Waals surface area contributed by atoms with Crippen LogP contribution in [-0.4, -0.2) is 24.4 Å². The summed E-state index contributed by atoms with van der Waals surface area (Å²) in [5.41, 5.74) is 3.24. The van der Waals surface area contributed by atoms with E-state index in [1.54, 1.807) is 4.90 Å². The Hall–Kier alpha value is -1.84. The van der Waals surface area contributed by atoms with Gasteiger partial charge in [-0.1, -0.05) is 25.5 Å². The van der Waals surface area contributed by atoms with Gasteiger partial charge < -0.3 is 10.2 Å². The van der Waals surface area contributed by atoms with Gasteiger partial charge in [0.25, 0.3) is 0 Å². The number of hydrogen-bond acceptors (Lipinski definition) is 2. The predicted molar refractivity (Wildman–Crippen MR) is 101 cm³/mol. The minimum atomic E-state index is -0.226. The third kappa shape index (κ3) is 3.88. The van der Waals surface area contributed by atoms with Crippen molar-refractivity contribution in [3.8, 4) is 0 Å². The lowest BCUT2D eigenvalue weighted by Gasteiger charge is -2.29. The molecule has 2 fully saturated rings. The van der Waals surface area contributed by atoms with E-state index in [4.69, 9.17) is 0 Å². The molecule has 4 heteroatoms. The van der Waals surface area contributed by atoms with Crippen LogP contribution in [-0.2, 0) is 9.59 Å². The normalized spacial score (nSPS) is 26.8. The zero-order valence-corrected chi connectivity index (χ0v) is 15.7. The lowest BCUT2D eigenvalue weighted by molar-refractivity contribution is -0.127. The standard InChI is InChI=1S/C21H30N2O2/c1-4-16-8-10-18(11-9-16)22-21(25)17-12-20(24)23(13-17)19-7-5-6-14(2)15(19)3/h5-7,16-18H,4,8-13H2,1-3H3,(H,22,25)/t16?,17-,18?/m0/s1. The maximum absolute atomic E-state index is 12.6. The number of carbonyl (C=O) groups excluding carboxylic acids is 2. The zero-order valence-electron chi connectivity index (χ0n) is 15.7. The fourth-order valence-corrected chi connectivity index (χ4v) is 4.18. The molecule has 0 radical (unpaired) electrons. The number of amides is 2. The van der Waals surface area contributed by atoms with E-state index in [-0.39, 0.29) is 17.7 Å².